The van der Waals surface area contributed by atoms with E-state index >= 15 is 0 Å². The molecule has 5 aromatic carbocycles. The van der Waals surface area contributed by atoms with Crippen LogP contribution in [0, 0.1) is 0 Å². The van der Waals surface area contributed by atoms with Gasteiger partial charge in [0, 0.05) is 34.8 Å². The second kappa shape index (κ2) is 12.2. The van der Waals surface area contributed by atoms with Gasteiger partial charge in [-0.2, -0.15) is 0 Å². The molecule has 0 aliphatic carbocycles. The minimum absolute atomic E-state index is 0.124. The third-order valence-electron chi connectivity index (χ3n) is 7.42. The third-order valence-corrected chi connectivity index (χ3v) is 7.42. The molecule has 0 fully saturated rings. The van der Waals surface area contributed by atoms with Crippen LogP contribution in [0.4, 0.5) is 0 Å². The molecule has 6 nitrogen and oxygen atoms in total. The molecule has 44 heavy (non-hydrogen) atoms. The first-order valence-electron chi connectivity index (χ1n) is 14.4. The largest absolute Gasteiger partial charge is 0.489 e. The quantitative estimate of drug-likeness (QED) is 0.176. The van der Waals surface area contributed by atoms with Gasteiger partial charge in [0.1, 0.15) is 42.3 Å². The zero-order chi connectivity index (χ0) is 29.7. The molecule has 0 unspecified atom stereocenters. The van der Waals surface area contributed by atoms with E-state index in [0.717, 1.165) is 33.2 Å². The van der Waals surface area contributed by atoms with Gasteiger partial charge in [-0.1, -0.05) is 91.0 Å². The highest BCUT2D eigenvalue weighted by atomic mass is 16.5. The van der Waals surface area contributed by atoms with Crippen LogP contribution in [0.2, 0.25) is 0 Å². The van der Waals surface area contributed by atoms with E-state index < -0.39 is 0 Å². The highest BCUT2D eigenvalue weighted by Crippen LogP contribution is 2.38. The molecule has 0 saturated heterocycles. The Morgan fingerprint density at radius 3 is 1.89 bits per heavy atom. The first kappa shape index (κ1) is 27.1. The molecule has 0 spiro atoms. The molecule has 2 heterocycles. The fraction of sp³-hybridized carbons (Fsp3) is 0.0789. The van der Waals surface area contributed by atoms with Crippen molar-refractivity contribution in [2.75, 3.05) is 0 Å². The SMILES string of the molecule is O=c1c(OCc2ccccc2)c(-c2ccc3[nH]ccc3c2)oc2cc(OCc3ccccc3)cc(OCc3ccccc3)c12. The minimum atomic E-state index is -0.316. The number of ether oxygens (including phenoxy) is 3. The number of aromatic nitrogens is 1. The zero-order valence-corrected chi connectivity index (χ0v) is 23.9. The average molecular weight is 580 g/mol. The van der Waals surface area contributed by atoms with Crippen molar-refractivity contribution >= 4 is 21.9 Å². The number of H-pyrrole nitrogens is 1. The van der Waals surface area contributed by atoms with Gasteiger partial charge in [-0.05, 0) is 41.0 Å². The van der Waals surface area contributed by atoms with Crippen LogP contribution in [0.3, 0.4) is 0 Å². The van der Waals surface area contributed by atoms with Crippen molar-refractivity contribution in [3.63, 3.8) is 0 Å². The molecule has 0 radical (unpaired) electrons. The summed E-state index contributed by atoms with van der Waals surface area (Å²) in [5.41, 5.74) is 4.66. The van der Waals surface area contributed by atoms with Crippen LogP contribution in [-0.2, 0) is 19.8 Å². The van der Waals surface area contributed by atoms with Gasteiger partial charge in [0.2, 0.25) is 11.2 Å². The van der Waals surface area contributed by atoms with Gasteiger partial charge in [-0.3, -0.25) is 4.79 Å². The lowest BCUT2D eigenvalue weighted by Crippen LogP contribution is -2.12. The maximum absolute atomic E-state index is 14.4. The summed E-state index contributed by atoms with van der Waals surface area (Å²) >= 11 is 0. The molecule has 7 rings (SSSR count). The van der Waals surface area contributed by atoms with Crippen molar-refractivity contribution < 1.29 is 18.6 Å². The molecule has 0 aliphatic rings. The molecule has 0 aliphatic heterocycles. The lowest BCUT2D eigenvalue weighted by molar-refractivity contribution is 0.288. The van der Waals surface area contributed by atoms with Crippen LogP contribution in [0.15, 0.2) is 143 Å². The first-order valence-corrected chi connectivity index (χ1v) is 14.4. The smallest absolute Gasteiger partial charge is 0.239 e. The van der Waals surface area contributed by atoms with E-state index in [4.69, 9.17) is 18.6 Å². The van der Waals surface area contributed by atoms with E-state index in [2.05, 4.69) is 4.98 Å². The van der Waals surface area contributed by atoms with E-state index in [0.29, 0.717) is 34.8 Å². The van der Waals surface area contributed by atoms with Crippen LogP contribution >= 0.6 is 0 Å². The van der Waals surface area contributed by atoms with Crippen molar-refractivity contribution in [3.05, 3.63) is 161 Å². The van der Waals surface area contributed by atoms with Crippen LogP contribution < -0.4 is 19.6 Å². The average Bonchev–Trinajstić information content (AvgIpc) is 3.55. The molecular weight excluding hydrogens is 550 g/mol. The van der Waals surface area contributed by atoms with Crippen molar-refractivity contribution in [1.82, 2.24) is 4.98 Å². The Hall–Kier alpha value is -5.75. The second-order valence-electron chi connectivity index (χ2n) is 10.5. The number of aromatic amines is 1. The van der Waals surface area contributed by atoms with Gasteiger partial charge in [-0.25, -0.2) is 0 Å². The highest BCUT2D eigenvalue weighted by Gasteiger charge is 2.22. The maximum atomic E-state index is 14.4. The van der Waals surface area contributed by atoms with Gasteiger partial charge < -0.3 is 23.6 Å². The first-order chi connectivity index (χ1) is 21.7. The molecule has 0 atom stereocenters. The summed E-state index contributed by atoms with van der Waals surface area (Å²) < 4.78 is 25.3. The summed E-state index contributed by atoms with van der Waals surface area (Å²) in [4.78, 5) is 17.6. The lowest BCUT2D eigenvalue weighted by Gasteiger charge is -2.16. The predicted molar refractivity (Wildman–Crippen MR) is 172 cm³/mol. The fourth-order valence-electron chi connectivity index (χ4n) is 5.16. The van der Waals surface area contributed by atoms with E-state index in [1.165, 1.54) is 0 Å². The van der Waals surface area contributed by atoms with Gasteiger partial charge in [0.05, 0.1) is 0 Å². The Labute approximate surface area is 254 Å². The van der Waals surface area contributed by atoms with Crippen LogP contribution in [0.5, 0.6) is 17.2 Å². The van der Waals surface area contributed by atoms with Crippen LogP contribution in [-0.4, -0.2) is 4.98 Å². The number of rotatable bonds is 10. The number of fused-ring (bicyclic) bond motifs is 2. The van der Waals surface area contributed by atoms with Gasteiger partial charge in [0.25, 0.3) is 0 Å². The molecule has 0 saturated carbocycles. The van der Waals surface area contributed by atoms with E-state index in [9.17, 15) is 4.79 Å². The molecule has 6 heteroatoms. The standard InChI is InChI=1S/C38H29NO5/c40-36-35-33(42-24-27-12-6-2-7-13-27)21-31(41-23-26-10-4-1-5-11-26)22-34(35)44-37(30-16-17-32-29(20-30)18-19-39-32)38(36)43-25-28-14-8-3-9-15-28/h1-22,39H,23-25H2. The Kier molecular flexibility index (Phi) is 7.54. The monoisotopic (exact) mass is 579 g/mol. The summed E-state index contributed by atoms with van der Waals surface area (Å²) in [6.07, 6.45) is 1.88. The summed E-state index contributed by atoms with van der Waals surface area (Å²) in [6, 6.07) is 40.8. The van der Waals surface area contributed by atoms with Gasteiger partial charge in [0.15, 0.2) is 5.76 Å². The summed E-state index contributed by atoms with van der Waals surface area (Å²) in [6.45, 7) is 0.822. The van der Waals surface area contributed by atoms with Crippen molar-refractivity contribution in [2.24, 2.45) is 0 Å². The Morgan fingerprint density at radius 2 is 1.23 bits per heavy atom. The van der Waals surface area contributed by atoms with Crippen molar-refractivity contribution in [3.8, 4) is 28.6 Å². The summed E-state index contributed by atoms with van der Waals surface area (Å²) in [7, 11) is 0. The Bertz CT molecular complexity index is 2080. The Morgan fingerprint density at radius 1 is 0.614 bits per heavy atom. The summed E-state index contributed by atoms with van der Waals surface area (Å²) in [5.74, 6) is 1.35. The lowest BCUT2D eigenvalue weighted by atomic mass is 10.1. The highest BCUT2D eigenvalue weighted by molar-refractivity contribution is 5.90. The number of hydrogen-bond donors (Lipinski definition) is 1. The fourth-order valence-corrected chi connectivity index (χ4v) is 5.16. The number of nitrogens with one attached hydrogen (secondary N) is 1. The minimum Gasteiger partial charge on any atom is -0.489 e. The number of benzene rings is 5. The summed E-state index contributed by atoms with van der Waals surface area (Å²) in [5, 5.41) is 1.29. The predicted octanol–water partition coefficient (Wildman–Crippen LogP) is 8.68. The second-order valence-corrected chi connectivity index (χ2v) is 10.5. The molecule has 2 aromatic heterocycles. The normalized spacial score (nSPS) is 11.1. The van der Waals surface area contributed by atoms with E-state index in [1.54, 1.807) is 12.1 Å². The zero-order valence-electron chi connectivity index (χ0n) is 23.9. The topological polar surface area (TPSA) is 73.7 Å². The molecule has 1 N–H and O–H groups in total. The molecule has 0 bridgehead atoms. The van der Waals surface area contributed by atoms with Crippen molar-refractivity contribution in [2.45, 2.75) is 19.8 Å². The molecular formula is C38H29NO5. The van der Waals surface area contributed by atoms with E-state index in [1.807, 2.05) is 121 Å². The Balaban J connectivity index is 1.36. The van der Waals surface area contributed by atoms with Gasteiger partial charge >= 0.3 is 0 Å². The number of hydrogen-bond acceptors (Lipinski definition) is 5. The van der Waals surface area contributed by atoms with Crippen molar-refractivity contribution in [1.29, 1.82) is 0 Å². The third kappa shape index (κ3) is 5.78. The molecule has 7 aromatic rings. The van der Waals surface area contributed by atoms with Crippen LogP contribution in [0.25, 0.3) is 33.2 Å². The van der Waals surface area contributed by atoms with E-state index in [-0.39, 0.29) is 24.4 Å². The van der Waals surface area contributed by atoms with Crippen LogP contribution in [0.1, 0.15) is 16.7 Å². The maximum Gasteiger partial charge on any atom is 0.239 e. The van der Waals surface area contributed by atoms with Gasteiger partial charge in [-0.15, -0.1) is 0 Å². The molecule has 216 valence electrons. The molecule has 0 amide bonds.